The Balaban J connectivity index is 1.81. The zero-order valence-corrected chi connectivity index (χ0v) is 16.9. The van der Waals surface area contributed by atoms with Crippen molar-refractivity contribution >= 4 is 29.0 Å². The van der Waals surface area contributed by atoms with Gasteiger partial charge in [-0.25, -0.2) is 0 Å². The number of thiophene rings is 1. The fraction of sp³-hybridized carbons (Fsp3) is 0.316. The van der Waals surface area contributed by atoms with Gasteiger partial charge in [0.25, 0.3) is 0 Å². The maximum atomic E-state index is 12.3. The lowest BCUT2D eigenvalue weighted by molar-refractivity contribution is -0.120. The number of aromatic nitrogens is 3. The zero-order valence-electron chi connectivity index (χ0n) is 15.3. The minimum absolute atomic E-state index is 0.0380. The largest absolute Gasteiger partial charge is 0.383 e. The van der Waals surface area contributed by atoms with E-state index in [9.17, 15) is 4.79 Å². The third-order valence-electron chi connectivity index (χ3n) is 3.90. The summed E-state index contributed by atoms with van der Waals surface area (Å²) in [5, 5.41) is 14.1. The van der Waals surface area contributed by atoms with Crippen molar-refractivity contribution in [2.24, 2.45) is 0 Å². The molecule has 0 unspecified atom stereocenters. The predicted octanol–water partition coefficient (Wildman–Crippen LogP) is 3.30. The van der Waals surface area contributed by atoms with E-state index in [1.165, 1.54) is 11.8 Å². The molecule has 2 heterocycles. The summed E-state index contributed by atoms with van der Waals surface area (Å²) in [6.07, 6.45) is 0. The fourth-order valence-corrected chi connectivity index (χ4v) is 4.09. The average Bonchev–Trinajstić information content (AvgIpc) is 3.33. The van der Waals surface area contributed by atoms with E-state index in [1.807, 2.05) is 42.6 Å². The van der Waals surface area contributed by atoms with E-state index in [-0.39, 0.29) is 11.2 Å². The summed E-state index contributed by atoms with van der Waals surface area (Å²) in [5.74, 6) is 0.785. The van der Waals surface area contributed by atoms with Crippen LogP contribution in [-0.2, 0) is 16.1 Å². The SMILES string of the molecule is COCCNC(=O)[C@H](C)Sc1nnc(-c2cccs2)n1Cc1ccccc1. The summed E-state index contributed by atoms with van der Waals surface area (Å²) in [5.41, 5.74) is 1.16. The van der Waals surface area contributed by atoms with E-state index < -0.39 is 0 Å². The van der Waals surface area contributed by atoms with Crippen LogP contribution in [0.5, 0.6) is 0 Å². The van der Waals surface area contributed by atoms with Crippen LogP contribution < -0.4 is 5.32 Å². The van der Waals surface area contributed by atoms with Crippen LogP contribution in [0.25, 0.3) is 10.7 Å². The molecule has 3 aromatic rings. The second-order valence-corrected chi connectivity index (χ2v) is 8.15. The number of nitrogens with one attached hydrogen (secondary N) is 1. The first-order valence-corrected chi connectivity index (χ1v) is 10.4. The fourth-order valence-electron chi connectivity index (χ4n) is 2.50. The van der Waals surface area contributed by atoms with Crippen LogP contribution in [0.3, 0.4) is 0 Å². The average molecular weight is 403 g/mol. The van der Waals surface area contributed by atoms with Crippen molar-refractivity contribution < 1.29 is 9.53 Å². The number of nitrogens with zero attached hydrogens (tertiary/aromatic N) is 3. The molecule has 6 nitrogen and oxygen atoms in total. The van der Waals surface area contributed by atoms with E-state index in [2.05, 4.69) is 32.2 Å². The third kappa shape index (κ3) is 5.18. The second kappa shape index (κ2) is 9.68. The number of thioether (sulfide) groups is 1. The van der Waals surface area contributed by atoms with E-state index in [0.717, 1.165) is 21.4 Å². The summed E-state index contributed by atoms with van der Waals surface area (Å²) in [6.45, 7) is 3.52. The molecule has 1 atom stereocenters. The van der Waals surface area contributed by atoms with Gasteiger partial charge in [-0.15, -0.1) is 21.5 Å². The van der Waals surface area contributed by atoms with Crippen molar-refractivity contribution in [2.75, 3.05) is 20.3 Å². The van der Waals surface area contributed by atoms with Crippen molar-refractivity contribution in [3.8, 4) is 10.7 Å². The number of amides is 1. The molecule has 27 heavy (non-hydrogen) atoms. The Morgan fingerprint density at radius 3 is 2.78 bits per heavy atom. The van der Waals surface area contributed by atoms with E-state index in [4.69, 9.17) is 4.74 Å². The lowest BCUT2D eigenvalue weighted by atomic mass is 10.2. The molecular formula is C19H22N4O2S2. The molecule has 1 amide bonds. The molecular weight excluding hydrogens is 380 g/mol. The zero-order chi connectivity index (χ0) is 19.1. The lowest BCUT2D eigenvalue weighted by Gasteiger charge is -2.13. The van der Waals surface area contributed by atoms with Gasteiger partial charge in [-0.1, -0.05) is 48.2 Å². The molecule has 1 N–H and O–H groups in total. The van der Waals surface area contributed by atoms with Crippen molar-refractivity contribution in [1.82, 2.24) is 20.1 Å². The normalized spacial score (nSPS) is 12.1. The minimum atomic E-state index is -0.281. The molecule has 8 heteroatoms. The molecule has 2 aromatic heterocycles. The standard InChI is InChI=1S/C19H22N4O2S2/c1-14(18(24)20-10-11-25-2)27-19-22-21-17(16-9-6-12-26-16)23(19)13-15-7-4-3-5-8-15/h3-9,12,14H,10-11,13H2,1-2H3,(H,20,24)/t14-/m0/s1. The van der Waals surface area contributed by atoms with Crippen molar-refractivity contribution in [3.63, 3.8) is 0 Å². The van der Waals surface area contributed by atoms with Crippen LogP contribution in [0.4, 0.5) is 0 Å². The Morgan fingerprint density at radius 1 is 1.26 bits per heavy atom. The van der Waals surface area contributed by atoms with Crippen molar-refractivity contribution in [1.29, 1.82) is 0 Å². The first-order chi connectivity index (χ1) is 13.2. The van der Waals surface area contributed by atoms with Gasteiger partial charge in [-0.05, 0) is 23.9 Å². The van der Waals surface area contributed by atoms with Gasteiger partial charge in [-0.2, -0.15) is 0 Å². The highest BCUT2D eigenvalue weighted by Crippen LogP contribution is 2.30. The van der Waals surface area contributed by atoms with E-state index in [1.54, 1.807) is 18.4 Å². The lowest BCUT2D eigenvalue weighted by Crippen LogP contribution is -2.33. The number of carbonyl (C=O) groups is 1. The molecule has 0 aliphatic carbocycles. The number of methoxy groups -OCH3 is 1. The first kappa shape index (κ1) is 19.6. The predicted molar refractivity (Wildman–Crippen MR) is 109 cm³/mol. The Morgan fingerprint density at radius 2 is 2.07 bits per heavy atom. The van der Waals surface area contributed by atoms with E-state index in [0.29, 0.717) is 19.7 Å². The minimum Gasteiger partial charge on any atom is -0.383 e. The highest BCUT2D eigenvalue weighted by Gasteiger charge is 2.21. The van der Waals surface area contributed by atoms with Crippen LogP contribution in [0, 0.1) is 0 Å². The maximum absolute atomic E-state index is 12.3. The van der Waals surface area contributed by atoms with Gasteiger partial charge in [0, 0.05) is 13.7 Å². The Kier molecular flexibility index (Phi) is 7.03. The van der Waals surface area contributed by atoms with Crippen LogP contribution in [0.1, 0.15) is 12.5 Å². The highest BCUT2D eigenvalue weighted by molar-refractivity contribution is 8.00. The molecule has 0 aliphatic heterocycles. The molecule has 0 fully saturated rings. The Hall–Kier alpha value is -2.16. The molecule has 0 aliphatic rings. The Bertz CT molecular complexity index is 850. The van der Waals surface area contributed by atoms with Gasteiger partial charge >= 0.3 is 0 Å². The van der Waals surface area contributed by atoms with Crippen molar-refractivity contribution in [3.05, 3.63) is 53.4 Å². The van der Waals surface area contributed by atoms with Gasteiger partial charge in [0.05, 0.1) is 23.3 Å². The summed E-state index contributed by atoms with van der Waals surface area (Å²) in [7, 11) is 1.61. The van der Waals surface area contributed by atoms with Gasteiger partial charge < -0.3 is 10.1 Å². The van der Waals surface area contributed by atoms with Gasteiger partial charge in [0.1, 0.15) is 0 Å². The molecule has 0 bridgehead atoms. The topological polar surface area (TPSA) is 69.0 Å². The summed E-state index contributed by atoms with van der Waals surface area (Å²) in [6, 6.07) is 14.2. The maximum Gasteiger partial charge on any atom is 0.233 e. The quantitative estimate of drug-likeness (QED) is 0.439. The highest BCUT2D eigenvalue weighted by atomic mass is 32.2. The molecule has 1 aromatic carbocycles. The third-order valence-corrected chi connectivity index (χ3v) is 5.85. The molecule has 0 saturated heterocycles. The van der Waals surface area contributed by atoms with Gasteiger partial charge in [0.2, 0.25) is 5.91 Å². The Labute approximate surface area is 167 Å². The number of hydrogen-bond donors (Lipinski definition) is 1. The molecule has 0 spiro atoms. The van der Waals surface area contributed by atoms with Crippen LogP contribution >= 0.6 is 23.1 Å². The number of benzene rings is 1. The smallest absolute Gasteiger partial charge is 0.233 e. The second-order valence-electron chi connectivity index (χ2n) is 5.90. The molecule has 142 valence electrons. The summed E-state index contributed by atoms with van der Waals surface area (Å²) in [4.78, 5) is 13.3. The first-order valence-electron chi connectivity index (χ1n) is 8.63. The molecule has 3 rings (SSSR count). The van der Waals surface area contributed by atoms with Crippen LogP contribution in [0.15, 0.2) is 53.0 Å². The molecule has 0 radical (unpaired) electrons. The summed E-state index contributed by atoms with van der Waals surface area (Å²) >= 11 is 3.04. The van der Waals surface area contributed by atoms with Gasteiger partial charge in [0.15, 0.2) is 11.0 Å². The van der Waals surface area contributed by atoms with Gasteiger partial charge in [-0.3, -0.25) is 9.36 Å². The van der Waals surface area contributed by atoms with Crippen LogP contribution in [-0.4, -0.2) is 46.2 Å². The summed E-state index contributed by atoms with van der Waals surface area (Å²) < 4.78 is 7.05. The number of ether oxygens (including phenoxy) is 1. The van der Waals surface area contributed by atoms with Crippen molar-refractivity contribution in [2.45, 2.75) is 23.9 Å². The monoisotopic (exact) mass is 402 g/mol. The van der Waals surface area contributed by atoms with E-state index >= 15 is 0 Å². The number of hydrogen-bond acceptors (Lipinski definition) is 6. The number of rotatable bonds is 9. The molecule has 0 saturated carbocycles. The van der Waals surface area contributed by atoms with Crippen LogP contribution in [0.2, 0.25) is 0 Å². The number of carbonyl (C=O) groups excluding carboxylic acids is 1.